The number of carbonyl (C=O) groups excluding carboxylic acids is 2. The quantitative estimate of drug-likeness (QED) is 0.575. The van der Waals surface area contributed by atoms with E-state index in [9.17, 15) is 22.8 Å². The molecule has 0 radical (unpaired) electrons. The van der Waals surface area contributed by atoms with Gasteiger partial charge in [0, 0.05) is 23.1 Å². The highest BCUT2D eigenvalue weighted by Gasteiger charge is 2.13. The molecule has 2 amide bonds. The lowest BCUT2D eigenvalue weighted by Gasteiger charge is -2.12. The number of halogens is 3. The molecule has 3 N–H and O–H groups in total. The van der Waals surface area contributed by atoms with Crippen LogP contribution in [0.25, 0.3) is 0 Å². The summed E-state index contributed by atoms with van der Waals surface area (Å²) in [5, 5.41) is 7.91. The maximum absolute atomic E-state index is 13.2. The minimum Gasteiger partial charge on any atom is -0.376 e. The maximum Gasteiger partial charge on any atom is 0.257 e. The van der Waals surface area contributed by atoms with E-state index >= 15 is 0 Å². The Morgan fingerprint density at radius 2 is 1.45 bits per heavy atom. The lowest BCUT2D eigenvalue weighted by molar-refractivity contribution is -0.114. The average molecular weight is 399 g/mol. The first-order valence-electron chi connectivity index (χ1n) is 8.57. The third-order valence-corrected chi connectivity index (χ3v) is 3.92. The number of para-hydroxylation sites is 1. The van der Waals surface area contributed by atoms with Crippen molar-refractivity contribution in [3.05, 3.63) is 89.7 Å². The summed E-state index contributed by atoms with van der Waals surface area (Å²) in [6, 6.07) is 14.8. The Labute approximate surface area is 164 Å². The molecule has 0 atom stereocenters. The lowest BCUT2D eigenvalue weighted by Crippen LogP contribution is -2.23. The van der Waals surface area contributed by atoms with Gasteiger partial charge in [0.15, 0.2) is 11.6 Å². The van der Waals surface area contributed by atoms with Crippen molar-refractivity contribution >= 4 is 28.9 Å². The van der Waals surface area contributed by atoms with Gasteiger partial charge in [0.1, 0.15) is 5.82 Å². The highest BCUT2D eigenvalue weighted by molar-refractivity contribution is 6.08. The van der Waals surface area contributed by atoms with Crippen LogP contribution in [0.3, 0.4) is 0 Å². The van der Waals surface area contributed by atoms with Crippen molar-refractivity contribution in [3.8, 4) is 0 Å². The van der Waals surface area contributed by atoms with Gasteiger partial charge < -0.3 is 16.0 Å². The Morgan fingerprint density at radius 3 is 2.17 bits per heavy atom. The van der Waals surface area contributed by atoms with E-state index in [1.54, 1.807) is 24.3 Å². The molecule has 0 unspecified atom stereocenters. The molecular weight excluding hydrogens is 383 g/mol. The maximum atomic E-state index is 13.2. The molecule has 0 spiro atoms. The van der Waals surface area contributed by atoms with Crippen LogP contribution in [0.15, 0.2) is 66.7 Å². The van der Waals surface area contributed by atoms with Crippen LogP contribution in [0.5, 0.6) is 0 Å². The first kappa shape index (κ1) is 19.9. The van der Waals surface area contributed by atoms with E-state index in [1.807, 2.05) is 0 Å². The van der Waals surface area contributed by atoms with E-state index in [4.69, 9.17) is 0 Å². The Hall–Kier alpha value is -3.81. The predicted molar refractivity (Wildman–Crippen MR) is 104 cm³/mol. The van der Waals surface area contributed by atoms with Crippen LogP contribution in [-0.4, -0.2) is 18.4 Å². The summed E-state index contributed by atoms with van der Waals surface area (Å²) in [7, 11) is 0. The van der Waals surface area contributed by atoms with Gasteiger partial charge in [-0.3, -0.25) is 9.59 Å². The molecule has 0 aliphatic heterocycles. The van der Waals surface area contributed by atoms with Gasteiger partial charge >= 0.3 is 0 Å². The zero-order valence-electron chi connectivity index (χ0n) is 15.0. The van der Waals surface area contributed by atoms with E-state index in [-0.39, 0.29) is 17.8 Å². The molecular formula is C21H16F3N3O2. The molecule has 29 heavy (non-hydrogen) atoms. The monoisotopic (exact) mass is 399 g/mol. The molecule has 0 aromatic heterocycles. The Balaban J connectivity index is 1.63. The summed E-state index contributed by atoms with van der Waals surface area (Å²) in [5.74, 6) is -3.46. The van der Waals surface area contributed by atoms with Crippen molar-refractivity contribution < 1.29 is 22.8 Å². The Bertz CT molecular complexity index is 1040. The number of benzene rings is 3. The minimum atomic E-state index is -1.07. The summed E-state index contributed by atoms with van der Waals surface area (Å²) < 4.78 is 39.1. The second-order valence-electron chi connectivity index (χ2n) is 6.04. The second kappa shape index (κ2) is 8.92. The molecule has 3 aromatic carbocycles. The molecule has 0 saturated carbocycles. The van der Waals surface area contributed by atoms with Crippen molar-refractivity contribution in [1.82, 2.24) is 0 Å². The molecule has 0 aliphatic rings. The molecule has 0 saturated heterocycles. The normalized spacial score (nSPS) is 10.3. The molecule has 3 aromatic rings. The second-order valence-corrected chi connectivity index (χ2v) is 6.04. The standard InChI is InChI=1S/C21H16F3N3O2/c22-13-5-7-14(8-6-13)27-21(29)16-3-1-2-4-19(16)25-12-20(28)26-15-9-10-17(23)18(24)11-15/h1-11,25H,12H2,(H,26,28)(H,27,29). The molecule has 5 nitrogen and oxygen atoms in total. The average Bonchev–Trinajstić information content (AvgIpc) is 2.71. The zero-order chi connectivity index (χ0) is 20.8. The van der Waals surface area contributed by atoms with Crippen LogP contribution in [0.4, 0.5) is 30.2 Å². The number of hydrogen-bond acceptors (Lipinski definition) is 3. The van der Waals surface area contributed by atoms with E-state index in [0.717, 1.165) is 12.1 Å². The molecule has 0 fully saturated rings. The van der Waals surface area contributed by atoms with Gasteiger partial charge in [-0.1, -0.05) is 12.1 Å². The fourth-order valence-corrected chi connectivity index (χ4v) is 2.52. The first-order chi connectivity index (χ1) is 13.9. The minimum absolute atomic E-state index is 0.109. The lowest BCUT2D eigenvalue weighted by atomic mass is 10.1. The third-order valence-electron chi connectivity index (χ3n) is 3.92. The van der Waals surface area contributed by atoms with Crippen molar-refractivity contribution in [2.24, 2.45) is 0 Å². The molecule has 148 valence electrons. The van der Waals surface area contributed by atoms with Crippen molar-refractivity contribution in [2.45, 2.75) is 0 Å². The summed E-state index contributed by atoms with van der Waals surface area (Å²) in [4.78, 5) is 24.6. The van der Waals surface area contributed by atoms with Gasteiger partial charge in [0.05, 0.1) is 12.1 Å². The van der Waals surface area contributed by atoms with Crippen molar-refractivity contribution in [1.29, 1.82) is 0 Å². The smallest absolute Gasteiger partial charge is 0.257 e. The van der Waals surface area contributed by atoms with Gasteiger partial charge in [-0.15, -0.1) is 0 Å². The fourth-order valence-electron chi connectivity index (χ4n) is 2.52. The number of rotatable bonds is 6. The van der Waals surface area contributed by atoms with Gasteiger partial charge in [-0.25, -0.2) is 13.2 Å². The fraction of sp³-hybridized carbons (Fsp3) is 0.0476. The number of anilines is 3. The largest absolute Gasteiger partial charge is 0.376 e. The Kier molecular flexibility index (Phi) is 6.13. The summed E-state index contributed by atoms with van der Waals surface area (Å²) in [6.07, 6.45) is 0. The number of nitrogens with one attached hydrogen (secondary N) is 3. The summed E-state index contributed by atoms with van der Waals surface area (Å²) in [6.45, 7) is -0.208. The SMILES string of the molecule is O=C(CNc1ccccc1C(=O)Nc1ccc(F)cc1)Nc1ccc(F)c(F)c1. The molecule has 8 heteroatoms. The van der Waals surface area contributed by atoms with E-state index in [1.165, 1.54) is 30.3 Å². The zero-order valence-corrected chi connectivity index (χ0v) is 15.0. The topological polar surface area (TPSA) is 70.2 Å². The van der Waals surface area contributed by atoms with E-state index in [0.29, 0.717) is 11.4 Å². The summed E-state index contributed by atoms with van der Waals surface area (Å²) in [5.41, 5.74) is 1.20. The number of amides is 2. The molecule has 0 bridgehead atoms. The molecule has 3 rings (SSSR count). The molecule has 0 heterocycles. The number of hydrogen-bond donors (Lipinski definition) is 3. The van der Waals surface area contributed by atoms with Crippen LogP contribution in [-0.2, 0) is 4.79 Å². The van der Waals surface area contributed by atoms with Gasteiger partial charge in [-0.05, 0) is 48.5 Å². The third kappa shape index (κ3) is 5.35. The highest BCUT2D eigenvalue weighted by Crippen LogP contribution is 2.18. The van der Waals surface area contributed by atoms with Crippen LogP contribution in [0.1, 0.15) is 10.4 Å². The predicted octanol–water partition coefficient (Wildman–Crippen LogP) is 4.41. The van der Waals surface area contributed by atoms with Gasteiger partial charge in [-0.2, -0.15) is 0 Å². The van der Waals surface area contributed by atoms with E-state index < -0.39 is 29.3 Å². The van der Waals surface area contributed by atoms with Crippen LogP contribution < -0.4 is 16.0 Å². The van der Waals surface area contributed by atoms with Gasteiger partial charge in [0.2, 0.25) is 5.91 Å². The van der Waals surface area contributed by atoms with Crippen LogP contribution >= 0.6 is 0 Å². The van der Waals surface area contributed by atoms with Crippen molar-refractivity contribution in [3.63, 3.8) is 0 Å². The van der Waals surface area contributed by atoms with Crippen LogP contribution in [0, 0.1) is 17.5 Å². The van der Waals surface area contributed by atoms with Crippen molar-refractivity contribution in [2.75, 3.05) is 22.5 Å². The van der Waals surface area contributed by atoms with Gasteiger partial charge in [0.25, 0.3) is 5.91 Å². The Morgan fingerprint density at radius 1 is 0.759 bits per heavy atom. The molecule has 0 aliphatic carbocycles. The van der Waals surface area contributed by atoms with Crippen LogP contribution in [0.2, 0.25) is 0 Å². The highest BCUT2D eigenvalue weighted by atomic mass is 19.2. The van der Waals surface area contributed by atoms with E-state index in [2.05, 4.69) is 16.0 Å². The summed E-state index contributed by atoms with van der Waals surface area (Å²) >= 11 is 0. The number of carbonyl (C=O) groups is 2. The first-order valence-corrected chi connectivity index (χ1v) is 8.57.